The summed E-state index contributed by atoms with van der Waals surface area (Å²) in [5, 5.41) is 12.8. The Morgan fingerprint density at radius 1 is 1.24 bits per heavy atom. The van der Waals surface area contributed by atoms with Gasteiger partial charge in [-0.15, -0.1) is 0 Å². The minimum Gasteiger partial charge on any atom is -0.480 e. The van der Waals surface area contributed by atoms with Crippen LogP contribution in [0, 0.1) is 17.3 Å². The van der Waals surface area contributed by atoms with E-state index in [4.69, 9.17) is 5.11 Å². The molecule has 2 fully saturated rings. The van der Waals surface area contributed by atoms with Gasteiger partial charge >= 0.3 is 5.97 Å². The van der Waals surface area contributed by atoms with Crippen LogP contribution in [0.5, 0.6) is 0 Å². The molecule has 2 aliphatic rings. The molecule has 0 amide bonds. The molecule has 0 radical (unpaired) electrons. The number of carboxylic acid groups (broad SMARTS) is 1. The van der Waals surface area contributed by atoms with Gasteiger partial charge in [-0.3, -0.25) is 9.69 Å². The Hall–Kier alpha value is -0.610. The molecule has 1 saturated carbocycles. The zero-order valence-corrected chi connectivity index (χ0v) is 13.9. The van der Waals surface area contributed by atoms with Crippen LogP contribution in [0.25, 0.3) is 0 Å². The van der Waals surface area contributed by atoms with Crippen LogP contribution in [-0.2, 0) is 4.79 Å². The van der Waals surface area contributed by atoms with E-state index < -0.39 is 5.97 Å². The molecule has 4 nitrogen and oxygen atoms in total. The summed E-state index contributed by atoms with van der Waals surface area (Å²) in [6.07, 6.45) is 6.48. The number of carboxylic acids is 1. The lowest BCUT2D eigenvalue weighted by Gasteiger charge is -2.40. The van der Waals surface area contributed by atoms with E-state index in [1.54, 1.807) is 0 Å². The standard InChI is InChI=1S/C17H32N2O2/c1-17(2,3)8-14-7-15(18-9-13-5-4-6-13)11-19(10-14)12-16(20)21/h13-15,18H,4-12H2,1-3H3,(H,20,21). The third-order valence-corrected chi connectivity index (χ3v) is 4.79. The van der Waals surface area contributed by atoms with E-state index in [1.165, 1.54) is 32.1 Å². The number of likely N-dealkylation sites (tertiary alicyclic amines) is 1. The molecule has 122 valence electrons. The fourth-order valence-electron chi connectivity index (χ4n) is 3.82. The number of rotatable bonds is 6. The van der Waals surface area contributed by atoms with E-state index in [-0.39, 0.29) is 6.54 Å². The van der Waals surface area contributed by atoms with Gasteiger partial charge in [-0.25, -0.2) is 0 Å². The Labute approximate surface area is 129 Å². The van der Waals surface area contributed by atoms with Gasteiger partial charge in [-0.05, 0) is 49.5 Å². The second kappa shape index (κ2) is 7.10. The zero-order chi connectivity index (χ0) is 15.5. The predicted molar refractivity (Wildman–Crippen MR) is 85.4 cm³/mol. The van der Waals surface area contributed by atoms with Crippen LogP contribution in [0.15, 0.2) is 0 Å². The molecule has 0 aromatic carbocycles. The monoisotopic (exact) mass is 296 g/mol. The zero-order valence-electron chi connectivity index (χ0n) is 13.9. The molecule has 1 aliphatic carbocycles. The first-order valence-electron chi connectivity index (χ1n) is 8.49. The minimum absolute atomic E-state index is 0.183. The van der Waals surface area contributed by atoms with Gasteiger partial charge < -0.3 is 10.4 Å². The molecular formula is C17H32N2O2. The lowest BCUT2D eigenvalue weighted by Crippen LogP contribution is -2.52. The molecule has 0 aromatic rings. The molecule has 2 atom stereocenters. The van der Waals surface area contributed by atoms with Crippen molar-refractivity contribution >= 4 is 5.97 Å². The molecule has 0 bridgehead atoms. The lowest BCUT2D eigenvalue weighted by molar-refractivity contribution is -0.138. The van der Waals surface area contributed by atoms with Crippen LogP contribution in [-0.4, -0.2) is 48.2 Å². The minimum atomic E-state index is -0.704. The molecule has 0 aromatic heterocycles. The van der Waals surface area contributed by atoms with Crippen LogP contribution >= 0.6 is 0 Å². The molecule has 4 heteroatoms. The largest absolute Gasteiger partial charge is 0.480 e. The molecule has 21 heavy (non-hydrogen) atoms. The first-order valence-corrected chi connectivity index (χ1v) is 8.49. The van der Waals surface area contributed by atoms with Crippen LogP contribution < -0.4 is 5.32 Å². The van der Waals surface area contributed by atoms with E-state index in [9.17, 15) is 4.79 Å². The van der Waals surface area contributed by atoms with Crippen molar-refractivity contribution in [1.82, 2.24) is 10.2 Å². The van der Waals surface area contributed by atoms with E-state index in [2.05, 4.69) is 31.0 Å². The van der Waals surface area contributed by atoms with Gasteiger partial charge in [0, 0.05) is 19.1 Å². The Kier molecular flexibility index (Phi) is 5.67. The second-order valence-corrected chi connectivity index (χ2v) is 8.36. The number of nitrogens with zero attached hydrogens (tertiary/aromatic N) is 1. The average Bonchev–Trinajstić information content (AvgIpc) is 2.22. The normalized spacial score (nSPS) is 28.3. The van der Waals surface area contributed by atoms with E-state index in [0.29, 0.717) is 17.4 Å². The summed E-state index contributed by atoms with van der Waals surface area (Å²) in [6, 6.07) is 0.464. The summed E-state index contributed by atoms with van der Waals surface area (Å²) in [6.45, 7) is 9.96. The van der Waals surface area contributed by atoms with Gasteiger partial charge in [-0.2, -0.15) is 0 Å². The van der Waals surface area contributed by atoms with Crippen molar-refractivity contribution in [2.75, 3.05) is 26.2 Å². The Morgan fingerprint density at radius 2 is 1.95 bits per heavy atom. The fourth-order valence-corrected chi connectivity index (χ4v) is 3.82. The number of nitrogens with one attached hydrogen (secondary N) is 1. The number of aliphatic carboxylic acids is 1. The summed E-state index contributed by atoms with van der Waals surface area (Å²) in [4.78, 5) is 13.2. The smallest absolute Gasteiger partial charge is 0.317 e. The van der Waals surface area contributed by atoms with Gasteiger partial charge in [-0.1, -0.05) is 27.2 Å². The highest BCUT2D eigenvalue weighted by Gasteiger charge is 2.31. The van der Waals surface area contributed by atoms with Crippen molar-refractivity contribution in [2.45, 2.75) is 58.9 Å². The molecule has 0 spiro atoms. The van der Waals surface area contributed by atoms with Crippen LogP contribution in [0.1, 0.15) is 52.9 Å². The highest BCUT2D eigenvalue weighted by Crippen LogP contribution is 2.31. The van der Waals surface area contributed by atoms with Gasteiger partial charge in [0.25, 0.3) is 0 Å². The molecule has 1 heterocycles. The molecule has 2 rings (SSSR count). The number of piperidine rings is 1. The van der Waals surface area contributed by atoms with Crippen molar-refractivity contribution in [3.8, 4) is 0 Å². The summed E-state index contributed by atoms with van der Waals surface area (Å²) in [5.41, 5.74) is 0.315. The maximum absolute atomic E-state index is 11.0. The third-order valence-electron chi connectivity index (χ3n) is 4.79. The van der Waals surface area contributed by atoms with Gasteiger partial charge in [0.2, 0.25) is 0 Å². The number of carbonyl (C=O) groups is 1. The third kappa shape index (κ3) is 5.95. The Morgan fingerprint density at radius 3 is 2.48 bits per heavy atom. The number of hydrogen-bond acceptors (Lipinski definition) is 3. The Balaban J connectivity index is 1.86. The SMILES string of the molecule is CC(C)(C)CC1CC(NCC2CCC2)CN(CC(=O)O)C1. The quantitative estimate of drug-likeness (QED) is 0.791. The Bertz CT molecular complexity index is 347. The topological polar surface area (TPSA) is 52.6 Å². The summed E-state index contributed by atoms with van der Waals surface area (Å²) < 4.78 is 0. The first-order chi connectivity index (χ1) is 9.82. The van der Waals surface area contributed by atoms with E-state index in [1.807, 2.05) is 0 Å². The van der Waals surface area contributed by atoms with Crippen molar-refractivity contribution in [2.24, 2.45) is 17.3 Å². The second-order valence-electron chi connectivity index (χ2n) is 8.36. The van der Waals surface area contributed by atoms with Crippen molar-refractivity contribution < 1.29 is 9.90 Å². The molecule has 1 saturated heterocycles. The number of hydrogen-bond donors (Lipinski definition) is 2. The average molecular weight is 296 g/mol. The van der Waals surface area contributed by atoms with Gasteiger partial charge in [0.05, 0.1) is 6.54 Å². The maximum atomic E-state index is 11.0. The molecule has 2 unspecified atom stereocenters. The van der Waals surface area contributed by atoms with Crippen molar-refractivity contribution in [3.05, 3.63) is 0 Å². The van der Waals surface area contributed by atoms with E-state index in [0.717, 1.165) is 25.6 Å². The van der Waals surface area contributed by atoms with Crippen LogP contribution in [0.2, 0.25) is 0 Å². The highest BCUT2D eigenvalue weighted by molar-refractivity contribution is 5.69. The van der Waals surface area contributed by atoms with Gasteiger partial charge in [0.1, 0.15) is 0 Å². The van der Waals surface area contributed by atoms with Crippen molar-refractivity contribution in [1.29, 1.82) is 0 Å². The van der Waals surface area contributed by atoms with Crippen LogP contribution in [0.4, 0.5) is 0 Å². The van der Waals surface area contributed by atoms with Crippen molar-refractivity contribution in [3.63, 3.8) is 0 Å². The van der Waals surface area contributed by atoms with Gasteiger partial charge in [0.15, 0.2) is 0 Å². The fraction of sp³-hybridized carbons (Fsp3) is 0.941. The summed E-state index contributed by atoms with van der Waals surface area (Å²) in [7, 11) is 0. The predicted octanol–water partition coefficient (Wildman–Crippen LogP) is 2.59. The highest BCUT2D eigenvalue weighted by atomic mass is 16.4. The van der Waals surface area contributed by atoms with Crippen LogP contribution in [0.3, 0.4) is 0 Å². The maximum Gasteiger partial charge on any atom is 0.317 e. The lowest BCUT2D eigenvalue weighted by atomic mass is 9.79. The molecule has 2 N–H and O–H groups in total. The summed E-state index contributed by atoms with van der Waals surface area (Å²) in [5.74, 6) is 0.766. The molecule has 1 aliphatic heterocycles. The summed E-state index contributed by atoms with van der Waals surface area (Å²) >= 11 is 0. The molecular weight excluding hydrogens is 264 g/mol. The van der Waals surface area contributed by atoms with E-state index >= 15 is 0 Å². The first kappa shape index (κ1) is 16.8.